The molecule has 1 aliphatic heterocycles. The normalized spacial score (nSPS) is 15.6. The van der Waals surface area contributed by atoms with E-state index in [0.29, 0.717) is 34.9 Å². The molecule has 0 atom stereocenters. The Morgan fingerprint density at radius 2 is 1.88 bits per heavy atom. The van der Waals surface area contributed by atoms with Gasteiger partial charge in [-0.05, 0) is 19.3 Å². The number of anilines is 2. The van der Waals surface area contributed by atoms with Gasteiger partial charge in [-0.1, -0.05) is 18.5 Å². The quantitative estimate of drug-likeness (QED) is 0.845. The zero-order valence-corrected chi connectivity index (χ0v) is 14.5. The summed E-state index contributed by atoms with van der Waals surface area (Å²) >= 11 is 5.83. The van der Waals surface area contributed by atoms with Crippen LogP contribution in [-0.4, -0.2) is 46.1 Å². The lowest BCUT2D eigenvalue weighted by molar-refractivity contribution is 0.467. The van der Waals surface area contributed by atoms with Crippen LogP contribution < -0.4 is 9.80 Å². The van der Waals surface area contributed by atoms with E-state index >= 15 is 0 Å². The van der Waals surface area contributed by atoms with Crippen molar-refractivity contribution in [2.75, 3.05) is 29.9 Å². The van der Waals surface area contributed by atoms with Crippen LogP contribution >= 0.6 is 11.6 Å². The van der Waals surface area contributed by atoms with Crippen molar-refractivity contribution in [1.29, 1.82) is 0 Å². The summed E-state index contributed by atoms with van der Waals surface area (Å²) in [6, 6.07) is 0.304. The van der Waals surface area contributed by atoms with E-state index in [0.717, 1.165) is 25.9 Å². The van der Waals surface area contributed by atoms with Gasteiger partial charge in [0.2, 0.25) is 5.95 Å². The van der Waals surface area contributed by atoms with Gasteiger partial charge >= 0.3 is 0 Å². The Bertz CT molecular complexity index is 687. The van der Waals surface area contributed by atoms with Crippen LogP contribution in [0, 0.1) is 5.82 Å². The first-order valence-corrected chi connectivity index (χ1v) is 8.42. The first-order chi connectivity index (χ1) is 11.6. The summed E-state index contributed by atoms with van der Waals surface area (Å²) in [5.41, 5.74) is 0.466. The summed E-state index contributed by atoms with van der Waals surface area (Å²) in [6.07, 6.45) is 6.96. The zero-order valence-electron chi connectivity index (χ0n) is 13.8. The molecule has 1 aliphatic rings. The molecule has 2 aromatic rings. The number of aromatic nitrogens is 4. The third-order valence-corrected chi connectivity index (χ3v) is 4.61. The molecule has 1 fully saturated rings. The number of aryl methyl sites for hydroxylation is 1. The second kappa shape index (κ2) is 7.25. The van der Waals surface area contributed by atoms with Crippen LogP contribution in [0.1, 0.15) is 25.5 Å². The fourth-order valence-corrected chi connectivity index (χ4v) is 3.08. The minimum atomic E-state index is -0.298. The molecular weight excluding hydrogens is 331 g/mol. The van der Waals surface area contributed by atoms with Crippen LogP contribution in [0.5, 0.6) is 0 Å². The SMILES string of the molecule is CCc1ncnc(N2CCC(N(C)c3ncc(Cl)cn3)CC2)c1F. The van der Waals surface area contributed by atoms with Gasteiger partial charge in [0.1, 0.15) is 6.33 Å². The van der Waals surface area contributed by atoms with E-state index in [1.165, 1.54) is 6.33 Å². The van der Waals surface area contributed by atoms with E-state index in [1.54, 1.807) is 12.4 Å². The van der Waals surface area contributed by atoms with Crippen molar-refractivity contribution in [2.45, 2.75) is 32.2 Å². The molecule has 3 heterocycles. The van der Waals surface area contributed by atoms with Crippen LogP contribution in [0.15, 0.2) is 18.7 Å². The summed E-state index contributed by atoms with van der Waals surface area (Å²) in [4.78, 5) is 20.7. The maximum Gasteiger partial charge on any atom is 0.225 e. The molecule has 24 heavy (non-hydrogen) atoms. The van der Waals surface area contributed by atoms with E-state index in [1.807, 2.05) is 18.9 Å². The maximum atomic E-state index is 14.4. The van der Waals surface area contributed by atoms with E-state index in [-0.39, 0.29) is 5.82 Å². The minimum Gasteiger partial charge on any atom is -0.354 e. The average Bonchev–Trinajstić information content (AvgIpc) is 2.62. The molecule has 0 radical (unpaired) electrons. The molecule has 3 rings (SSSR count). The topological polar surface area (TPSA) is 58.0 Å². The lowest BCUT2D eigenvalue weighted by Crippen LogP contribution is -2.44. The van der Waals surface area contributed by atoms with Gasteiger partial charge in [-0.15, -0.1) is 0 Å². The second-order valence-corrected chi connectivity index (χ2v) is 6.28. The van der Waals surface area contributed by atoms with Crippen molar-refractivity contribution in [3.8, 4) is 0 Å². The Balaban J connectivity index is 1.66. The molecule has 0 unspecified atom stereocenters. The number of nitrogens with zero attached hydrogens (tertiary/aromatic N) is 6. The van der Waals surface area contributed by atoms with E-state index in [2.05, 4.69) is 24.8 Å². The molecule has 6 nitrogen and oxygen atoms in total. The Morgan fingerprint density at radius 3 is 2.50 bits per heavy atom. The fraction of sp³-hybridized carbons (Fsp3) is 0.500. The summed E-state index contributed by atoms with van der Waals surface area (Å²) in [5.74, 6) is 0.762. The fourth-order valence-electron chi connectivity index (χ4n) is 2.98. The van der Waals surface area contributed by atoms with Crippen LogP contribution in [0.2, 0.25) is 5.02 Å². The smallest absolute Gasteiger partial charge is 0.225 e. The van der Waals surface area contributed by atoms with Crippen LogP contribution in [0.25, 0.3) is 0 Å². The van der Waals surface area contributed by atoms with Gasteiger partial charge < -0.3 is 9.80 Å². The number of halogens is 2. The molecule has 0 aliphatic carbocycles. The van der Waals surface area contributed by atoms with Gasteiger partial charge in [0.15, 0.2) is 11.6 Å². The van der Waals surface area contributed by atoms with Crippen LogP contribution in [-0.2, 0) is 6.42 Å². The Morgan fingerprint density at radius 1 is 1.21 bits per heavy atom. The predicted molar refractivity (Wildman–Crippen MR) is 92.0 cm³/mol. The van der Waals surface area contributed by atoms with Gasteiger partial charge in [-0.2, -0.15) is 0 Å². The average molecular weight is 351 g/mol. The van der Waals surface area contributed by atoms with Crippen molar-refractivity contribution in [1.82, 2.24) is 19.9 Å². The molecule has 0 spiro atoms. The van der Waals surface area contributed by atoms with Gasteiger partial charge in [0, 0.05) is 26.2 Å². The maximum absolute atomic E-state index is 14.4. The highest BCUT2D eigenvalue weighted by atomic mass is 35.5. The van der Waals surface area contributed by atoms with Crippen molar-refractivity contribution < 1.29 is 4.39 Å². The first-order valence-electron chi connectivity index (χ1n) is 8.04. The highest BCUT2D eigenvalue weighted by molar-refractivity contribution is 6.30. The van der Waals surface area contributed by atoms with Crippen LogP contribution in [0.4, 0.5) is 16.2 Å². The summed E-state index contributed by atoms with van der Waals surface area (Å²) in [7, 11) is 1.98. The lowest BCUT2D eigenvalue weighted by atomic mass is 10.0. The standard InChI is InChI=1S/C16H20ClFN6/c1-3-13-14(18)15(22-10-21-13)24-6-4-12(5-7-24)23(2)16-19-8-11(17)9-20-16/h8-10,12H,3-7H2,1-2H3. The number of piperidine rings is 1. The summed E-state index contributed by atoms with van der Waals surface area (Å²) < 4.78 is 14.4. The van der Waals surface area contributed by atoms with Crippen molar-refractivity contribution in [3.05, 3.63) is 35.3 Å². The Hall–Kier alpha value is -2.02. The van der Waals surface area contributed by atoms with Gasteiger partial charge in [-0.3, -0.25) is 0 Å². The molecule has 0 N–H and O–H groups in total. The predicted octanol–water partition coefficient (Wildman–Crippen LogP) is 2.73. The Labute approximate surface area is 145 Å². The van der Waals surface area contributed by atoms with E-state index in [9.17, 15) is 4.39 Å². The molecular formula is C16H20ClFN6. The van der Waals surface area contributed by atoms with E-state index < -0.39 is 0 Å². The molecule has 1 saturated heterocycles. The molecule has 128 valence electrons. The molecule has 0 saturated carbocycles. The van der Waals surface area contributed by atoms with Crippen molar-refractivity contribution in [3.63, 3.8) is 0 Å². The molecule has 0 aromatic carbocycles. The first kappa shape index (κ1) is 16.8. The van der Waals surface area contributed by atoms with Crippen molar-refractivity contribution in [2.24, 2.45) is 0 Å². The van der Waals surface area contributed by atoms with E-state index in [4.69, 9.17) is 11.6 Å². The van der Waals surface area contributed by atoms with Crippen LogP contribution in [0.3, 0.4) is 0 Å². The number of hydrogen-bond acceptors (Lipinski definition) is 6. The molecule has 0 bridgehead atoms. The highest BCUT2D eigenvalue weighted by Crippen LogP contribution is 2.25. The lowest BCUT2D eigenvalue weighted by Gasteiger charge is -2.37. The van der Waals surface area contributed by atoms with Gasteiger partial charge in [0.25, 0.3) is 0 Å². The molecule has 2 aromatic heterocycles. The van der Waals surface area contributed by atoms with Gasteiger partial charge in [-0.25, -0.2) is 24.3 Å². The molecule has 8 heteroatoms. The van der Waals surface area contributed by atoms with Gasteiger partial charge in [0.05, 0.1) is 23.1 Å². The zero-order chi connectivity index (χ0) is 17.1. The third kappa shape index (κ3) is 3.40. The largest absolute Gasteiger partial charge is 0.354 e. The monoisotopic (exact) mass is 350 g/mol. The Kier molecular flexibility index (Phi) is 5.08. The second-order valence-electron chi connectivity index (χ2n) is 5.84. The van der Waals surface area contributed by atoms with Crippen molar-refractivity contribution >= 4 is 23.4 Å². The third-order valence-electron chi connectivity index (χ3n) is 4.41. The number of hydrogen-bond donors (Lipinski definition) is 0. The summed E-state index contributed by atoms with van der Waals surface area (Å²) in [5, 5.41) is 0.521. The summed E-state index contributed by atoms with van der Waals surface area (Å²) in [6.45, 7) is 3.36. The number of rotatable bonds is 4. The highest BCUT2D eigenvalue weighted by Gasteiger charge is 2.26. The minimum absolute atomic E-state index is 0.298. The molecule has 0 amide bonds.